The highest BCUT2D eigenvalue weighted by Gasteiger charge is 2.32. The minimum Gasteiger partial charge on any atom is -0.397 e. The molecule has 2 atom stereocenters. The van der Waals surface area contributed by atoms with Crippen molar-refractivity contribution in [2.45, 2.75) is 13.3 Å². The third-order valence-corrected chi connectivity index (χ3v) is 4.54. The molecule has 3 rings (SSSR count). The smallest absolute Gasteiger partial charge is 0.263 e. The van der Waals surface area contributed by atoms with E-state index in [1.807, 2.05) is 0 Å². The molecule has 0 radical (unpaired) electrons. The number of nitrogens with two attached hydrogens (primary N) is 1. The van der Waals surface area contributed by atoms with Gasteiger partial charge < -0.3 is 11.1 Å². The van der Waals surface area contributed by atoms with Gasteiger partial charge in [-0.3, -0.25) is 4.79 Å². The highest BCUT2D eigenvalue weighted by molar-refractivity contribution is 7.21. The van der Waals surface area contributed by atoms with E-state index in [4.69, 9.17) is 5.73 Å². The summed E-state index contributed by atoms with van der Waals surface area (Å²) >= 11 is 1.32. The van der Waals surface area contributed by atoms with E-state index < -0.39 is 0 Å². The first-order valence-electron chi connectivity index (χ1n) is 5.93. The molecule has 0 saturated heterocycles. The Morgan fingerprint density at radius 1 is 1.67 bits per heavy atom. The van der Waals surface area contributed by atoms with Crippen molar-refractivity contribution >= 4 is 33.1 Å². The molecular weight excluding hydrogens is 248 g/mol. The lowest BCUT2D eigenvalue weighted by molar-refractivity contribution is 0.0956. The zero-order valence-electron chi connectivity index (χ0n) is 10.0. The summed E-state index contributed by atoms with van der Waals surface area (Å²) in [7, 11) is 0. The lowest BCUT2D eigenvalue weighted by Crippen LogP contribution is -2.25. The zero-order valence-corrected chi connectivity index (χ0v) is 10.8. The SMILES string of the molecule is CC1CC1CNC(=O)c1sc2ncncc2c1N. The Hall–Kier alpha value is -1.69. The van der Waals surface area contributed by atoms with Gasteiger partial charge in [0.05, 0.1) is 11.1 Å². The van der Waals surface area contributed by atoms with Crippen LogP contribution in [0.3, 0.4) is 0 Å². The molecule has 1 amide bonds. The molecule has 2 aromatic heterocycles. The molecule has 0 bridgehead atoms. The van der Waals surface area contributed by atoms with E-state index in [9.17, 15) is 4.79 Å². The fraction of sp³-hybridized carbons (Fsp3) is 0.417. The number of rotatable bonds is 3. The number of carbonyl (C=O) groups excluding carboxylic acids is 1. The quantitative estimate of drug-likeness (QED) is 0.881. The number of aromatic nitrogens is 2. The maximum atomic E-state index is 12.0. The molecule has 0 spiro atoms. The standard InChI is InChI=1S/C12H14N4OS/c1-6-2-7(6)3-15-11(17)10-9(13)8-4-14-5-16-12(8)18-10/h4-7H,2-3,13H2,1H3,(H,15,17). The number of nitrogen functional groups attached to an aromatic ring is 1. The zero-order chi connectivity index (χ0) is 12.7. The molecule has 3 N–H and O–H groups in total. The first-order chi connectivity index (χ1) is 8.66. The van der Waals surface area contributed by atoms with Gasteiger partial charge in [-0.15, -0.1) is 11.3 Å². The lowest BCUT2D eigenvalue weighted by atomic mass is 10.3. The summed E-state index contributed by atoms with van der Waals surface area (Å²) in [4.78, 5) is 21.4. The Labute approximate surface area is 108 Å². The molecule has 2 aromatic rings. The lowest BCUT2D eigenvalue weighted by Gasteiger charge is -2.02. The van der Waals surface area contributed by atoms with E-state index in [0.29, 0.717) is 16.5 Å². The maximum absolute atomic E-state index is 12.0. The van der Waals surface area contributed by atoms with Gasteiger partial charge in [0, 0.05) is 12.7 Å². The molecule has 2 unspecified atom stereocenters. The van der Waals surface area contributed by atoms with E-state index >= 15 is 0 Å². The van der Waals surface area contributed by atoms with Crippen LogP contribution in [0.15, 0.2) is 12.5 Å². The van der Waals surface area contributed by atoms with Crippen molar-refractivity contribution in [3.8, 4) is 0 Å². The molecule has 0 aliphatic heterocycles. The highest BCUT2D eigenvalue weighted by Crippen LogP contribution is 2.37. The van der Waals surface area contributed by atoms with E-state index in [-0.39, 0.29) is 5.91 Å². The number of fused-ring (bicyclic) bond motifs is 1. The normalized spacial score (nSPS) is 22.1. The van der Waals surface area contributed by atoms with Gasteiger partial charge in [0.2, 0.25) is 0 Å². The van der Waals surface area contributed by atoms with Gasteiger partial charge in [0.1, 0.15) is 16.0 Å². The van der Waals surface area contributed by atoms with Crippen molar-refractivity contribution in [2.24, 2.45) is 11.8 Å². The summed E-state index contributed by atoms with van der Waals surface area (Å²) in [6.07, 6.45) is 4.31. The summed E-state index contributed by atoms with van der Waals surface area (Å²) in [5.74, 6) is 1.26. The fourth-order valence-electron chi connectivity index (χ4n) is 2.01. The number of thiophene rings is 1. The summed E-state index contributed by atoms with van der Waals surface area (Å²) in [6, 6.07) is 0. The Balaban J connectivity index is 1.80. The van der Waals surface area contributed by atoms with Gasteiger partial charge in [0.25, 0.3) is 5.91 Å². The van der Waals surface area contributed by atoms with Crippen LogP contribution in [0, 0.1) is 11.8 Å². The number of nitrogens with one attached hydrogen (secondary N) is 1. The van der Waals surface area contributed by atoms with E-state index in [2.05, 4.69) is 22.2 Å². The molecule has 6 heteroatoms. The first kappa shape index (κ1) is 11.4. The average molecular weight is 262 g/mol. The fourth-order valence-corrected chi connectivity index (χ4v) is 2.97. The van der Waals surface area contributed by atoms with Crippen molar-refractivity contribution < 1.29 is 4.79 Å². The topological polar surface area (TPSA) is 80.9 Å². The Morgan fingerprint density at radius 2 is 2.44 bits per heavy atom. The molecule has 1 aliphatic carbocycles. The Kier molecular flexibility index (Phi) is 2.66. The predicted molar refractivity (Wildman–Crippen MR) is 71.4 cm³/mol. The number of hydrogen-bond donors (Lipinski definition) is 2. The largest absolute Gasteiger partial charge is 0.397 e. The van der Waals surface area contributed by atoms with Crippen molar-refractivity contribution in [1.82, 2.24) is 15.3 Å². The van der Waals surface area contributed by atoms with Crippen LogP contribution >= 0.6 is 11.3 Å². The second-order valence-electron chi connectivity index (χ2n) is 4.77. The van der Waals surface area contributed by atoms with Gasteiger partial charge >= 0.3 is 0 Å². The molecule has 2 heterocycles. The molecule has 1 saturated carbocycles. The predicted octanol–water partition coefficient (Wildman–Crippen LogP) is 1.66. The Morgan fingerprint density at radius 3 is 3.11 bits per heavy atom. The van der Waals surface area contributed by atoms with Gasteiger partial charge in [0.15, 0.2) is 0 Å². The van der Waals surface area contributed by atoms with Crippen LogP contribution in [0.5, 0.6) is 0 Å². The monoisotopic (exact) mass is 262 g/mol. The van der Waals surface area contributed by atoms with Crippen LogP contribution in [0.25, 0.3) is 10.2 Å². The summed E-state index contributed by atoms with van der Waals surface area (Å²) < 4.78 is 0. The van der Waals surface area contributed by atoms with Gasteiger partial charge in [-0.2, -0.15) is 0 Å². The van der Waals surface area contributed by atoms with Gasteiger partial charge in [-0.05, 0) is 18.3 Å². The second kappa shape index (κ2) is 4.20. The number of hydrogen-bond acceptors (Lipinski definition) is 5. The van der Waals surface area contributed by atoms with Crippen molar-refractivity contribution in [1.29, 1.82) is 0 Å². The summed E-state index contributed by atoms with van der Waals surface area (Å²) in [6.45, 7) is 2.93. The van der Waals surface area contributed by atoms with E-state index in [1.54, 1.807) is 6.20 Å². The van der Waals surface area contributed by atoms with Crippen LogP contribution in [0.2, 0.25) is 0 Å². The number of nitrogens with zero attached hydrogens (tertiary/aromatic N) is 2. The maximum Gasteiger partial charge on any atom is 0.263 e. The second-order valence-corrected chi connectivity index (χ2v) is 5.77. The van der Waals surface area contributed by atoms with Crippen LogP contribution in [-0.4, -0.2) is 22.4 Å². The van der Waals surface area contributed by atoms with Crippen LogP contribution < -0.4 is 11.1 Å². The van der Waals surface area contributed by atoms with Gasteiger partial charge in [-0.25, -0.2) is 9.97 Å². The number of amides is 1. The molecule has 1 fully saturated rings. The van der Waals surface area contributed by atoms with Crippen molar-refractivity contribution in [3.63, 3.8) is 0 Å². The Bertz CT molecular complexity index is 609. The number of anilines is 1. The highest BCUT2D eigenvalue weighted by atomic mass is 32.1. The van der Waals surface area contributed by atoms with E-state index in [0.717, 1.165) is 22.7 Å². The molecule has 94 valence electrons. The summed E-state index contributed by atoms with van der Waals surface area (Å²) in [5, 5.41) is 3.69. The minimum atomic E-state index is -0.102. The average Bonchev–Trinajstić information content (AvgIpc) is 2.98. The van der Waals surface area contributed by atoms with Crippen molar-refractivity contribution in [3.05, 3.63) is 17.4 Å². The first-order valence-corrected chi connectivity index (χ1v) is 6.74. The van der Waals surface area contributed by atoms with Crippen LogP contribution in [0.1, 0.15) is 23.0 Å². The third-order valence-electron chi connectivity index (χ3n) is 3.42. The third kappa shape index (κ3) is 1.92. The molecular formula is C12H14N4OS. The minimum absolute atomic E-state index is 0.102. The summed E-state index contributed by atoms with van der Waals surface area (Å²) in [5.41, 5.74) is 6.44. The van der Waals surface area contributed by atoms with Crippen molar-refractivity contribution in [2.75, 3.05) is 12.3 Å². The van der Waals surface area contributed by atoms with Crippen LogP contribution in [-0.2, 0) is 0 Å². The van der Waals surface area contributed by atoms with Crippen LogP contribution in [0.4, 0.5) is 5.69 Å². The van der Waals surface area contributed by atoms with Gasteiger partial charge in [-0.1, -0.05) is 6.92 Å². The molecule has 5 nitrogen and oxygen atoms in total. The molecule has 1 aliphatic rings. The van der Waals surface area contributed by atoms with E-state index in [1.165, 1.54) is 24.1 Å². The number of carbonyl (C=O) groups is 1. The molecule has 18 heavy (non-hydrogen) atoms. The molecule has 0 aromatic carbocycles.